The quantitative estimate of drug-likeness (QED) is 0.801. The van der Waals surface area contributed by atoms with E-state index in [1.54, 1.807) is 0 Å². The van der Waals surface area contributed by atoms with E-state index < -0.39 is 0 Å². The molecule has 3 heteroatoms. The van der Waals surface area contributed by atoms with E-state index in [2.05, 4.69) is 19.1 Å². The fourth-order valence-electron chi connectivity index (χ4n) is 1.77. The SMILES string of the molecule is CCCOc1c(C)cc(C(N)CN)cc1C. The monoisotopic (exact) mass is 222 g/mol. The summed E-state index contributed by atoms with van der Waals surface area (Å²) in [5.74, 6) is 0.981. The maximum Gasteiger partial charge on any atom is 0.125 e. The molecular weight excluding hydrogens is 200 g/mol. The predicted octanol–water partition coefficient (Wildman–Crippen LogP) is 2.05. The Morgan fingerprint density at radius 1 is 1.25 bits per heavy atom. The molecule has 0 spiro atoms. The molecule has 0 amide bonds. The summed E-state index contributed by atoms with van der Waals surface area (Å²) in [7, 11) is 0. The van der Waals surface area contributed by atoms with Gasteiger partial charge in [0.15, 0.2) is 0 Å². The van der Waals surface area contributed by atoms with Crippen molar-refractivity contribution in [2.75, 3.05) is 13.2 Å². The highest BCUT2D eigenvalue weighted by atomic mass is 16.5. The first-order valence-corrected chi connectivity index (χ1v) is 5.79. The Morgan fingerprint density at radius 3 is 2.25 bits per heavy atom. The summed E-state index contributed by atoms with van der Waals surface area (Å²) < 4.78 is 5.71. The number of hydrogen-bond acceptors (Lipinski definition) is 3. The van der Waals surface area contributed by atoms with Crippen LogP contribution in [0.3, 0.4) is 0 Å². The zero-order chi connectivity index (χ0) is 12.1. The van der Waals surface area contributed by atoms with Gasteiger partial charge >= 0.3 is 0 Å². The van der Waals surface area contributed by atoms with Gasteiger partial charge in [-0.05, 0) is 37.0 Å². The fraction of sp³-hybridized carbons (Fsp3) is 0.538. The molecule has 0 saturated carbocycles. The highest BCUT2D eigenvalue weighted by molar-refractivity contribution is 5.44. The molecule has 0 aromatic heterocycles. The largest absolute Gasteiger partial charge is 0.493 e. The third-order valence-electron chi connectivity index (χ3n) is 2.62. The van der Waals surface area contributed by atoms with Crippen LogP contribution in [0.25, 0.3) is 0 Å². The number of aryl methyl sites for hydroxylation is 2. The summed E-state index contributed by atoms with van der Waals surface area (Å²) in [6.45, 7) is 7.41. The molecule has 16 heavy (non-hydrogen) atoms. The molecule has 1 aromatic carbocycles. The van der Waals surface area contributed by atoms with E-state index in [1.807, 2.05) is 13.8 Å². The molecule has 0 aliphatic heterocycles. The highest BCUT2D eigenvalue weighted by Gasteiger charge is 2.10. The minimum atomic E-state index is -0.0855. The van der Waals surface area contributed by atoms with Gasteiger partial charge in [0, 0.05) is 12.6 Å². The first-order chi connectivity index (χ1) is 7.60. The Labute approximate surface area is 97.8 Å². The molecule has 90 valence electrons. The Balaban J connectivity index is 2.97. The van der Waals surface area contributed by atoms with Crippen LogP contribution < -0.4 is 16.2 Å². The van der Waals surface area contributed by atoms with Gasteiger partial charge in [0.1, 0.15) is 5.75 Å². The number of rotatable bonds is 5. The van der Waals surface area contributed by atoms with Crippen LogP contribution in [0, 0.1) is 13.8 Å². The van der Waals surface area contributed by atoms with Gasteiger partial charge in [-0.2, -0.15) is 0 Å². The molecule has 0 saturated heterocycles. The average Bonchev–Trinajstić information content (AvgIpc) is 2.26. The Morgan fingerprint density at radius 2 is 1.81 bits per heavy atom. The number of nitrogens with two attached hydrogens (primary N) is 2. The summed E-state index contributed by atoms with van der Waals surface area (Å²) in [5, 5.41) is 0. The van der Waals surface area contributed by atoms with E-state index in [4.69, 9.17) is 16.2 Å². The van der Waals surface area contributed by atoms with E-state index in [1.165, 1.54) is 0 Å². The number of hydrogen-bond donors (Lipinski definition) is 2. The van der Waals surface area contributed by atoms with Gasteiger partial charge in [-0.15, -0.1) is 0 Å². The van der Waals surface area contributed by atoms with Crippen molar-refractivity contribution in [3.05, 3.63) is 28.8 Å². The summed E-state index contributed by atoms with van der Waals surface area (Å²) in [6.07, 6.45) is 1.02. The van der Waals surface area contributed by atoms with Gasteiger partial charge in [-0.25, -0.2) is 0 Å². The Hall–Kier alpha value is -1.06. The Bertz CT molecular complexity index is 327. The maximum absolute atomic E-state index is 5.92. The van der Waals surface area contributed by atoms with Crippen molar-refractivity contribution in [1.82, 2.24) is 0 Å². The lowest BCUT2D eigenvalue weighted by Crippen LogP contribution is -2.21. The van der Waals surface area contributed by atoms with Crippen LogP contribution in [-0.2, 0) is 0 Å². The van der Waals surface area contributed by atoms with Gasteiger partial charge in [-0.3, -0.25) is 0 Å². The average molecular weight is 222 g/mol. The Kier molecular flexibility index (Phi) is 4.77. The number of ether oxygens (including phenoxy) is 1. The van der Waals surface area contributed by atoms with Crippen LogP contribution in [0.2, 0.25) is 0 Å². The third-order valence-corrected chi connectivity index (χ3v) is 2.62. The van der Waals surface area contributed by atoms with Crippen molar-refractivity contribution in [3.8, 4) is 5.75 Å². The van der Waals surface area contributed by atoms with Crippen LogP contribution in [0.5, 0.6) is 5.75 Å². The highest BCUT2D eigenvalue weighted by Crippen LogP contribution is 2.26. The van der Waals surface area contributed by atoms with Crippen molar-refractivity contribution in [2.24, 2.45) is 11.5 Å². The standard InChI is InChI=1S/C13H22N2O/c1-4-5-16-13-9(2)6-11(7-10(13)3)12(15)8-14/h6-7,12H,4-5,8,14-15H2,1-3H3. The van der Waals surface area contributed by atoms with Gasteiger partial charge < -0.3 is 16.2 Å². The van der Waals surface area contributed by atoms with Gasteiger partial charge in [0.05, 0.1) is 6.61 Å². The summed E-state index contributed by atoms with van der Waals surface area (Å²) >= 11 is 0. The normalized spacial score (nSPS) is 12.6. The second-order valence-corrected chi connectivity index (χ2v) is 4.17. The topological polar surface area (TPSA) is 61.3 Å². The summed E-state index contributed by atoms with van der Waals surface area (Å²) in [4.78, 5) is 0. The molecule has 4 N–H and O–H groups in total. The molecule has 0 bridgehead atoms. The molecule has 0 heterocycles. The van der Waals surface area contributed by atoms with Crippen molar-refractivity contribution in [1.29, 1.82) is 0 Å². The first kappa shape index (κ1) is 13.0. The lowest BCUT2D eigenvalue weighted by molar-refractivity contribution is 0.313. The minimum Gasteiger partial charge on any atom is -0.493 e. The molecule has 0 aliphatic rings. The maximum atomic E-state index is 5.92. The van der Waals surface area contributed by atoms with Crippen LogP contribution in [0.15, 0.2) is 12.1 Å². The van der Waals surface area contributed by atoms with Crippen LogP contribution in [-0.4, -0.2) is 13.2 Å². The smallest absolute Gasteiger partial charge is 0.125 e. The van der Waals surface area contributed by atoms with Crippen LogP contribution >= 0.6 is 0 Å². The van der Waals surface area contributed by atoms with Gasteiger partial charge in [0.2, 0.25) is 0 Å². The molecule has 0 fully saturated rings. The molecule has 1 atom stereocenters. The van der Waals surface area contributed by atoms with Crippen molar-refractivity contribution < 1.29 is 4.74 Å². The molecule has 1 unspecified atom stereocenters. The molecule has 0 aliphatic carbocycles. The zero-order valence-electron chi connectivity index (χ0n) is 10.4. The van der Waals surface area contributed by atoms with E-state index >= 15 is 0 Å². The minimum absolute atomic E-state index is 0.0855. The second kappa shape index (κ2) is 5.87. The lowest BCUT2D eigenvalue weighted by atomic mass is 10.0. The number of benzene rings is 1. The van der Waals surface area contributed by atoms with Crippen LogP contribution in [0.4, 0.5) is 0 Å². The fourth-order valence-corrected chi connectivity index (χ4v) is 1.77. The molecule has 1 aromatic rings. The van der Waals surface area contributed by atoms with Gasteiger partial charge in [-0.1, -0.05) is 19.1 Å². The molecular formula is C13H22N2O. The molecule has 0 radical (unpaired) electrons. The zero-order valence-corrected chi connectivity index (χ0v) is 10.4. The van der Waals surface area contributed by atoms with Crippen molar-refractivity contribution >= 4 is 0 Å². The van der Waals surface area contributed by atoms with Gasteiger partial charge in [0.25, 0.3) is 0 Å². The third kappa shape index (κ3) is 2.97. The van der Waals surface area contributed by atoms with Crippen LogP contribution in [0.1, 0.15) is 36.1 Å². The lowest BCUT2D eigenvalue weighted by Gasteiger charge is -2.16. The van der Waals surface area contributed by atoms with E-state index in [-0.39, 0.29) is 6.04 Å². The van der Waals surface area contributed by atoms with E-state index in [0.29, 0.717) is 6.54 Å². The second-order valence-electron chi connectivity index (χ2n) is 4.17. The molecule has 1 rings (SSSR count). The van der Waals surface area contributed by atoms with E-state index in [9.17, 15) is 0 Å². The van der Waals surface area contributed by atoms with E-state index in [0.717, 1.165) is 35.5 Å². The van der Waals surface area contributed by atoms with Crippen molar-refractivity contribution in [2.45, 2.75) is 33.2 Å². The summed E-state index contributed by atoms with van der Waals surface area (Å²) in [6, 6.07) is 4.04. The molecule has 3 nitrogen and oxygen atoms in total. The van der Waals surface area contributed by atoms with Crippen molar-refractivity contribution in [3.63, 3.8) is 0 Å². The first-order valence-electron chi connectivity index (χ1n) is 5.79. The predicted molar refractivity (Wildman–Crippen MR) is 67.7 cm³/mol. The summed E-state index contributed by atoms with van der Waals surface area (Å²) in [5.41, 5.74) is 14.8.